The fourth-order valence-electron chi connectivity index (χ4n) is 3.09. The summed E-state index contributed by atoms with van der Waals surface area (Å²) in [4.78, 5) is 18.6. The molecule has 2 aromatic rings. The number of nitrogens with one attached hydrogen (secondary N) is 3. The van der Waals surface area contributed by atoms with Crippen molar-refractivity contribution in [3.8, 4) is 11.5 Å². The summed E-state index contributed by atoms with van der Waals surface area (Å²) >= 11 is 0. The maximum atomic E-state index is 12.3. The molecule has 0 saturated heterocycles. The van der Waals surface area contributed by atoms with Crippen LogP contribution in [0.1, 0.15) is 21.5 Å². The summed E-state index contributed by atoms with van der Waals surface area (Å²) in [6.07, 6.45) is 0.809. The lowest BCUT2D eigenvalue weighted by molar-refractivity contribution is 0.0951. The first-order chi connectivity index (χ1) is 15.5. The van der Waals surface area contributed by atoms with Crippen LogP contribution in [0, 0.1) is 0 Å². The molecule has 8 nitrogen and oxygen atoms in total. The van der Waals surface area contributed by atoms with E-state index in [9.17, 15) is 4.79 Å². The number of hydrogen-bond acceptors (Lipinski definition) is 5. The van der Waals surface area contributed by atoms with Crippen LogP contribution in [0.25, 0.3) is 0 Å². The maximum absolute atomic E-state index is 12.3. The molecule has 0 aromatic heterocycles. The summed E-state index contributed by atoms with van der Waals surface area (Å²) in [7, 11) is 8.96. The average Bonchev–Trinajstić information content (AvgIpc) is 2.80. The Kier molecular flexibility index (Phi) is 10.3. The largest absolute Gasteiger partial charge is 0.493 e. The highest BCUT2D eigenvalue weighted by atomic mass is 16.5. The minimum Gasteiger partial charge on any atom is -0.493 e. The van der Waals surface area contributed by atoms with E-state index in [4.69, 9.17) is 9.47 Å². The number of aliphatic imine (C=N–C) groups is 1. The Morgan fingerprint density at radius 2 is 1.72 bits per heavy atom. The minimum absolute atomic E-state index is 0.0638. The van der Waals surface area contributed by atoms with Gasteiger partial charge in [-0.25, -0.2) is 0 Å². The van der Waals surface area contributed by atoms with Gasteiger partial charge in [-0.2, -0.15) is 0 Å². The molecular formula is C24H35N5O3. The Morgan fingerprint density at radius 1 is 0.938 bits per heavy atom. The van der Waals surface area contributed by atoms with E-state index in [0.29, 0.717) is 31.2 Å². The summed E-state index contributed by atoms with van der Waals surface area (Å²) in [5.74, 6) is 2.07. The lowest BCUT2D eigenvalue weighted by Crippen LogP contribution is -2.38. The topological polar surface area (TPSA) is 87.2 Å². The van der Waals surface area contributed by atoms with Crippen molar-refractivity contribution < 1.29 is 14.3 Å². The van der Waals surface area contributed by atoms with Crippen molar-refractivity contribution in [1.82, 2.24) is 20.9 Å². The van der Waals surface area contributed by atoms with Crippen LogP contribution in [0.5, 0.6) is 11.5 Å². The van der Waals surface area contributed by atoms with E-state index in [-0.39, 0.29) is 5.91 Å². The molecule has 0 saturated carbocycles. The van der Waals surface area contributed by atoms with Gasteiger partial charge < -0.3 is 30.3 Å². The Balaban J connectivity index is 1.83. The number of hydrogen-bond donors (Lipinski definition) is 3. The van der Waals surface area contributed by atoms with Gasteiger partial charge in [0, 0.05) is 38.8 Å². The van der Waals surface area contributed by atoms with Gasteiger partial charge in [-0.15, -0.1) is 0 Å². The Labute approximate surface area is 191 Å². The van der Waals surface area contributed by atoms with Gasteiger partial charge >= 0.3 is 0 Å². The van der Waals surface area contributed by atoms with Gasteiger partial charge in [-0.1, -0.05) is 18.2 Å². The van der Waals surface area contributed by atoms with Gasteiger partial charge in [0.1, 0.15) is 0 Å². The second-order valence-electron chi connectivity index (χ2n) is 7.55. The zero-order valence-electron chi connectivity index (χ0n) is 19.7. The predicted octanol–water partition coefficient (Wildman–Crippen LogP) is 1.90. The van der Waals surface area contributed by atoms with Crippen LogP contribution >= 0.6 is 0 Å². The van der Waals surface area contributed by atoms with Crippen molar-refractivity contribution in [3.63, 3.8) is 0 Å². The molecule has 0 heterocycles. The number of carbonyl (C=O) groups excluding carboxylic acids is 1. The molecule has 174 valence electrons. The third kappa shape index (κ3) is 8.11. The fourth-order valence-corrected chi connectivity index (χ4v) is 3.09. The van der Waals surface area contributed by atoms with Crippen LogP contribution in [0.3, 0.4) is 0 Å². The van der Waals surface area contributed by atoms with Gasteiger partial charge in [0.05, 0.1) is 14.2 Å². The smallest absolute Gasteiger partial charge is 0.251 e. The number of amides is 1. The average molecular weight is 442 g/mol. The summed E-state index contributed by atoms with van der Waals surface area (Å²) in [6, 6.07) is 13.5. The Morgan fingerprint density at radius 3 is 2.41 bits per heavy atom. The third-order valence-corrected chi connectivity index (χ3v) is 4.87. The van der Waals surface area contributed by atoms with Crippen LogP contribution < -0.4 is 25.4 Å². The first-order valence-electron chi connectivity index (χ1n) is 10.6. The van der Waals surface area contributed by atoms with E-state index in [0.717, 1.165) is 35.6 Å². The van der Waals surface area contributed by atoms with Crippen LogP contribution in [0.15, 0.2) is 47.5 Å². The second-order valence-corrected chi connectivity index (χ2v) is 7.55. The van der Waals surface area contributed by atoms with Gasteiger partial charge in [0.2, 0.25) is 0 Å². The van der Waals surface area contributed by atoms with E-state index in [1.165, 1.54) is 0 Å². The lowest BCUT2D eigenvalue weighted by Gasteiger charge is -2.14. The molecule has 0 aliphatic rings. The summed E-state index contributed by atoms with van der Waals surface area (Å²) in [6.45, 7) is 2.70. The number of guanidine groups is 1. The van der Waals surface area contributed by atoms with Gasteiger partial charge in [-0.05, 0) is 55.9 Å². The standard InChI is InChI=1S/C24H35N5O3/c1-25-24(27-12-11-18-9-10-21(31-4)22(16-18)32-5)28-17-19-7-6-8-20(15-19)23(30)26-13-14-29(2)3/h6-10,15-16H,11-14,17H2,1-5H3,(H,26,30)(H2,25,27,28). The molecule has 0 radical (unpaired) electrons. The molecule has 0 aliphatic heterocycles. The molecular weight excluding hydrogens is 406 g/mol. The highest BCUT2D eigenvalue weighted by Gasteiger charge is 2.07. The Bertz CT molecular complexity index is 899. The number of nitrogens with zero attached hydrogens (tertiary/aromatic N) is 2. The van der Waals surface area contributed by atoms with Crippen molar-refractivity contribution in [2.45, 2.75) is 13.0 Å². The minimum atomic E-state index is -0.0638. The van der Waals surface area contributed by atoms with Crippen LogP contribution in [-0.4, -0.2) is 71.8 Å². The van der Waals surface area contributed by atoms with E-state index in [1.54, 1.807) is 21.3 Å². The van der Waals surface area contributed by atoms with Crippen molar-refractivity contribution in [2.75, 3.05) is 55.0 Å². The molecule has 0 fully saturated rings. The molecule has 32 heavy (non-hydrogen) atoms. The zero-order chi connectivity index (χ0) is 23.3. The normalized spacial score (nSPS) is 11.2. The van der Waals surface area contributed by atoms with Crippen LogP contribution in [0.4, 0.5) is 0 Å². The van der Waals surface area contributed by atoms with Crippen molar-refractivity contribution in [1.29, 1.82) is 0 Å². The second kappa shape index (κ2) is 13.2. The summed E-state index contributed by atoms with van der Waals surface area (Å²) in [5.41, 5.74) is 2.80. The zero-order valence-corrected chi connectivity index (χ0v) is 19.7. The quantitative estimate of drug-likeness (QED) is 0.365. The van der Waals surface area contributed by atoms with Crippen LogP contribution in [-0.2, 0) is 13.0 Å². The molecule has 2 aromatic carbocycles. The number of likely N-dealkylation sites (N-methyl/N-ethyl adjacent to an activating group) is 1. The maximum Gasteiger partial charge on any atom is 0.251 e. The molecule has 0 aliphatic carbocycles. The first kappa shape index (κ1) is 25.0. The highest BCUT2D eigenvalue weighted by Crippen LogP contribution is 2.27. The van der Waals surface area contributed by atoms with Crippen molar-refractivity contribution >= 4 is 11.9 Å². The van der Waals surface area contributed by atoms with Gasteiger partial charge in [0.25, 0.3) is 5.91 Å². The highest BCUT2D eigenvalue weighted by molar-refractivity contribution is 5.94. The SMILES string of the molecule is CN=C(NCCc1ccc(OC)c(OC)c1)NCc1cccc(C(=O)NCCN(C)C)c1. The van der Waals surface area contributed by atoms with Crippen molar-refractivity contribution in [2.24, 2.45) is 4.99 Å². The summed E-state index contributed by atoms with van der Waals surface area (Å²) in [5, 5.41) is 9.54. The number of methoxy groups -OCH3 is 2. The lowest BCUT2D eigenvalue weighted by atomic mass is 10.1. The van der Waals surface area contributed by atoms with Crippen molar-refractivity contribution in [3.05, 3.63) is 59.2 Å². The molecule has 3 N–H and O–H groups in total. The van der Waals surface area contributed by atoms with E-state index in [2.05, 4.69) is 20.9 Å². The molecule has 1 amide bonds. The molecule has 0 atom stereocenters. The monoisotopic (exact) mass is 441 g/mol. The van der Waals surface area contributed by atoms with Gasteiger partial charge in [0.15, 0.2) is 17.5 Å². The van der Waals surface area contributed by atoms with Gasteiger partial charge in [-0.3, -0.25) is 9.79 Å². The summed E-state index contributed by atoms with van der Waals surface area (Å²) < 4.78 is 10.6. The van der Waals surface area contributed by atoms with E-state index in [1.807, 2.05) is 61.5 Å². The van der Waals surface area contributed by atoms with Crippen LogP contribution in [0.2, 0.25) is 0 Å². The van der Waals surface area contributed by atoms with E-state index >= 15 is 0 Å². The third-order valence-electron chi connectivity index (χ3n) is 4.87. The number of benzene rings is 2. The number of rotatable bonds is 11. The number of carbonyl (C=O) groups is 1. The molecule has 2 rings (SSSR count). The molecule has 0 unspecified atom stereocenters. The van der Waals surface area contributed by atoms with E-state index < -0.39 is 0 Å². The predicted molar refractivity (Wildman–Crippen MR) is 129 cm³/mol. The molecule has 0 spiro atoms. The first-order valence-corrected chi connectivity index (χ1v) is 10.6. The fraction of sp³-hybridized carbons (Fsp3) is 0.417. The number of ether oxygens (including phenoxy) is 2. The molecule has 0 bridgehead atoms. The Hall–Kier alpha value is -3.26. The molecule has 8 heteroatoms.